The van der Waals surface area contributed by atoms with Gasteiger partial charge in [0.15, 0.2) is 6.61 Å². The summed E-state index contributed by atoms with van der Waals surface area (Å²) < 4.78 is 5.18. The lowest BCUT2D eigenvalue weighted by atomic mass is 9.85. The minimum Gasteiger partial charge on any atom is -0.454 e. The summed E-state index contributed by atoms with van der Waals surface area (Å²) in [4.78, 5) is 52.1. The van der Waals surface area contributed by atoms with Crippen molar-refractivity contribution < 1.29 is 23.9 Å². The van der Waals surface area contributed by atoms with Crippen LogP contribution in [0.2, 0.25) is 5.02 Å². The lowest BCUT2D eigenvalue weighted by molar-refractivity contribution is -0.162. The van der Waals surface area contributed by atoms with Crippen LogP contribution in [0.25, 0.3) is 0 Å². The Morgan fingerprint density at radius 1 is 1.17 bits per heavy atom. The number of benzene rings is 1. The molecule has 1 saturated heterocycles. The predicted octanol–water partition coefficient (Wildman–Crippen LogP) is 2.65. The number of carbonyl (C=O) groups is 4. The second-order valence-corrected chi connectivity index (χ2v) is 8.84. The maximum atomic E-state index is 13.0. The average Bonchev–Trinajstić information content (AvgIpc) is 3.36. The van der Waals surface area contributed by atoms with Gasteiger partial charge in [0, 0.05) is 10.7 Å². The minimum atomic E-state index is -1.05. The standard InChI is InChI=1S/C22H23ClN2O5/c1-11(2)19(22(29)30-10-16(26)24-15-5-3-4-14(23)9-15)25-20(27)17-12-6-7-13(8-12)18(17)21(25)28/h3-7,9,11-13,17-19H,8,10H2,1-2H3,(H,24,26)/t12-,13-,17+,18+,19+/m0/s1. The van der Waals surface area contributed by atoms with Gasteiger partial charge < -0.3 is 10.1 Å². The highest BCUT2D eigenvalue weighted by atomic mass is 35.5. The number of imide groups is 1. The number of hydrogen-bond donors (Lipinski definition) is 1. The highest BCUT2D eigenvalue weighted by Gasteiger charge is 2.61. The van der Waals surface area contributed by atoms with E-state index in [2.05, 4.69) is 5.32 Å². The van der Waals surface area contributed by atoms with Gasteiger partial charge in [-0.25, -0.2) is 4.79 Å². The summed E-state index contributed by atoms with van der Waals surface area (Å²) in [6.07, 6.45) is 4.83. The number of nitrogens with zero attached hydrogens (tertiary/aromatic N) is 1. The molecule has 7 nitrogen and oxygen atoms in total. The summed E-state index contributed by atoms with van der Waals surface area (Å²) in [6.45, 7) is 2.98. The third-order valence-corrected chi connectivity index (χ3v) is 6.34. The molecule has 158 valence electrons. The third kappa shape index (κ3) is 3.51. The molecule has 2 aliphatic carbocycles. The van der Waals surface area contributed by atoms with Crippen LogP contribution in [0.4, 0.5) is 5.69 Å². The van der Waals surface area contributed by atoms with E-state index in [0.717, 1.165) is 11.3 Å². The van der Waals surface area contributed by atoms with Crippen molar-refractivity contribution in [2.45, 2.75) is 26.3 Å². The van der Waals surface area contributed by atoms with Gasteiger partial charge in [-0.15, -0.1) is 0 Å². The monoisotopic (exact) mass is 430 g/mol. The van der Waals surface area contributed by atoms with Crippen molar-refractivity contribution in [1.82, 2.24) is 4.90 Å². The van der Waals surface area contributed by atoms with Gasteiger partial charge in [0.25, 0.3) is 5.91 Å². The first-order valence-electron chi connectivity index (χ1n) is 10.0. The number of fused-ring (bicyclic) bond motifs is 5. The summed E-state index contributed by atoms with van der Waals surface area (Å²) in [5.41, 5.74) is 0.477. The van der Waals surface area contributed by atoms with Crippen LogP contribution in [-0.4, -0.2) is 41.2 Å². The summed E-state index contributed by atoms with van der Waals surface area (Å²) in [7, 11) is 0. The molecule has 1 aromatic rings. The number of hydrogen-bond acceptors (Lipinski definition) is 5. The number of ether oxygens (including phenoxy) is 1. The molecule has 1 aliphatic heterocycles. The van der Waals surface area contributed by atoms with E-state index in [1.807, 2.05) is 12.2 Å². The molecule has 1 N–H and O–H groups in total. The van der Waals surface area contributed by atoms with Gasteiger partial charge in [0.05, 0.1) is 11.8 Å². The summed E-state index contributed by atoms with van der Waals surface area (Å²) in [5, 5.41) is 3.05. The van der Waals surface area contributed by atoms with E-state index >= 15 is 0 Å². The Morgan fingerprint density at radius 3 is 2.37 bits per heavy atom. The molecule has 5 atom stereocenters. The smallest absolute Gasteiger partial charge is 0.330 e. The fourth-order valence-corrected chi connectivity index (χ4v) is 5.05. The molecule has 1 saturated carbocycles. The molecule has 1 aromatic carbocycles. The lowest BCUT2D eigenvalue weighted by Gasteiger charge is -2.28. The van der Waals surface area contributed by atoms with Crippen molar-refractivity contribution in [3.8, 4) is 0 Å². The lowest BCUT2D eigenvalue weighted by Crippen LogP contribution is -2.50. The number of nitrogens with one attached hydrogen (secondary N) is 1. The van der Waals surface area contributed by atoms with Crippen LogP contribution < -0.4 is 5.32 Å². The van der Waals surface area contributed by atoms with Crippen molar-refractivity contribution >= 4 is 41.0 Å². The van der Waals surface area contributed by atoms with E-state index in [0.29, 0.717) is 10.7 Å². The molecular weight excluding hydrogens is 408 g/mol. The highest BCUT2D eigenvalue weighted by molar-refractivity contribution is 6.30. The normalized spacial score (nSPS) is 27.5. The number of halogens is 1. The Kier molecular flexibility index (Phi) is 5.40. The van der Waals surface area contributed by atoms with Crippen molar-refractivity contribution in [2.24, 2.45) is 29.6 Å². The number of likely N-dealkylation sites (tertiary alicyclic amines) is 1. The Morgan fingerprint density at radius 2 is 1.80 bits per heavy atom. The molecule has 2 fully saturated rings. The first kappa shape index (κ1) is 20.6. The van der Waals surface area contributed by atoms with Crippen LogP contribution >= 0.6 is 11.6 Å². The fourth-order valence-electron chi connectivity index (χ4n) is 4.86. The van der Waals surface area contributed by atoms with Gasteiger partial charge in [-0.05, 0) is 42.4 Å². The number of carbonyl (C=O) groups excluding carboxylic acids is 4. The number of allylic oxidation sites excluding steroid dienone is 2. The molecule has 30 heavy (non-hydrogen) atoms. The molecule has 3 aliphatic rings. The van der Waals surface area contributed by atoms with Gasteiger partial charge in [-0.3, -0.25) is 19.3 Å². The zero-order valence-corrected chi connectivity index (χ0v) is 17.5. The maximum Gasteiger partial charge on any atom is 0.330 e. The van der Waals surface area contributed by atoms with Crippen molar-refractivity contribution in [1.29, 1.82) is 0 Å². The minimum absolute atomic E-state index is 0.0637. The Labute approximate surface area is 179 Å². The van der Waals surface area contributed by atoms with E-state index in [1.54, 1.807) is 38.1 Å². The number of esters is 1. The molecule has 8 heteroatoms. The van der Waals surface area contributed by atoms with Gasteiger partial charge in [-0.2, -0.15) is 0 Å². The fraction of sp³-hybridized carbons (Fsp3) is 0.455. The molecule has 4 rings (SSSR count). The van der Waals surface area contributed by atoms with E-state index in [9.17, 15) is 19.2 Å². The third-order valence-electron chi connectivity index (χ3n) is 6.11. The Bertz CT molecular complexity index is 913. The Balaban J connectivity index is 1.42. The van der Waals surface area contributed by atoms with Gasteiger partial charge >= 0.3 is 5.97 Å². The molecule has 0 unspecified atom stereocenters. The quantitative estimate of drug-likeness (QED) is 0.425. The van der Waals surface area contributed by atoms with Crippen LogP contribution in [0.15, 0.2) is 36.4 Å². The Hall–Kier alpha value is -2.67. The number of amides is 3. The summed E-state index contributed by atoms with van der Waals surface area (Å²) in [5.74, 6) is -2.88. The molecule has 0 aromatic heterocycles. The topological polar surface area (TPSA) is 92.8 Å². The van der Waals surface area contributed by atoms with Crippen molar-refractivity contribution in [2.75, 3.05) is 11.9 Å². The first-order chi connectivity index (χ1) is 14.3. The van der Waals surface area contributed by atoms with Crippen LogP contribution in [0.1, 0.15) is 20.3 Å². The second-order valence-electron chi connectivity index (χ2n) is 8.40. The zero-order chi connectivity index (χ0) is 21.6. The van der Waals surface area contributed by atoms with Gasteiger partial charge in [0.1, 0.15) is 6.04 Å². The number of anilines is 1. The van der Waals surface area contributed by atoms with E-state index in [-0.39, 0.29) is 41.4 Å². The summed E-state index contributed by atoms with van der Waals surface area (Å²) in [6, 6.07) is 5.54. The second kappa shape index (κ2) is 7.87. The van der Waals surface area contributed by atoms with Crippen LogP contribution in [-0.2, 0) is 23.9 Å². The number of rotatable bonds is 6. The first-order valence-corrected chi connectivity index (χ1v) is 10.4. The largest absolute Gasteiger partial charge is 0.454 e. The maximum absolute atomic E-state index is 13.0. The van der Waals surface area contributed by atoms with Crippen LogP contribution in [0.3, 0.4) is 0 Å². The average molecular weight is 431 g/mol. The molecule has 0 spiro atoms. The van der Waals surface area contributed by atoms with Crippen molar-refractivity contribution in [3.05, 3.63) is 41.4 Å². The highest BCUT2D eigenvalue weighted by Crippen LogP contribution is 2.53. The van der Waals surface area contributed by atoms with Gasteiger partial charge in [-0.1, -0.05) is 43.7 Å². The van der Waals surface area contributed by atoms with E-state index in [1.165, 1.54) is 0 Å². The molecule has 2 bridgehead atoms. The van der Waals surface area contributed by atoms with Crippen LogP contribution in [0.5, 0.6) is 0 Å². The van der Waals surface area contributed by atoms with Gasteiger partial charge in [0.2, 0.25) is 11.8 Å². The van der Waals surface area contributed by atoms with Crippen LogP contribution in [0, 0.1) is 29.6 Å². The van der Waals surface area contributed by atoms with Crippen molar-refractivity contribution in [3.63, 3.8) is 0 Å². The molecule has 1 heterocycles. The van der Waals surface area contributed by atoms with E-state index in [4.69, 9.17) is 16.3 Å². The predicted molar refractivity (Wildman–Crippen MR) is 109 cm³/mol. The molecule has 3 amide bonds. The SMILES string of the molecule is CC(C)[C@H](C(=O)OCC(=O)Nc1cccc(Cl)c1)N1C(=O)[C@H]2[C@H](C1=O)[C@H]1C=C[C@H]2C1. The molecular formula is C22H23ClN2O5. The zero-order valence-electron chi connectivity index (χ0n) is 16.7. The molecule has 0 radical (unpaired) electrons. The van der Waals surface area contributed by atoms with E-state index < -0.39 is 24.5 Å². The summed E-state index contributed by atoms with van der Waals surface area (Å²) >= 11 is 5.89.